The van der Waals surface area contributed by atoms with Crippen LogP contribution in [0.2, 0.25) is 4.44 Å². The van der Waals surface area contributed by atoms with E-state index in [1.165, 1.54) is 21.9 Å². The van der Waals surface area contributed by atoms with E-state index in [-0.39, 0.29) is 0 Å². The minimum absolute atomic E-state index is 0.718. The maximum absolute atomic E-state index is 6.23. The van der Waals surface area contributed by atoms with Crippen LogP contribution in [0.15, 0.2) is 146 Å². The van der Waals surface area contributed by atoms with Crippen molar-refractivity contribution in [1.82, 2.24) is 0 Å². The van der Waals surface area contributed by atoms with Gasteiger partial charge in [0.1, 0.15) is 0 Å². The molecule has 172 valence electrons. The summed E-state index contributed by atoms with van der Waals surface area (Å²) in [6, 6.07) is 52.5. The summed E-state index contributed by atoms with van der Waals surface area (Å²) >= 11 is -3.20. The molecule has 5 rings (SSSR count). The molecule has 0 amide bonds. The average molecular weight is 561 g/mol. The van der Waals surface area contributed by atoms with Gasteiger partial charge in [0.05, 0.1) is 0 Å². The molecule has 2 heteroatoms. The summed E-state index contributed by atoms with van der Waals surface area (Å²) < 4.78 is 12.0. The molecule has 1 nitrogen and oxygen atoms in total. The molecule has 35 heavy (non-hydrogen) atoms. The zero-order chi connectivity index (χ0) is 23.8. The maximum atomic E-state index is 6.23. The van der Waals surface area contributed by atoms with Gasteiger partial charge in [-0.1, -0.05) is 0 Å². The Balaban J connectivity index is 1.37. The van der Waals surface area contributed by atoms with Gasteiger partial charge in [-0.2, -0.15) is 0 Å². The second-order valence-corrected chi connectivity index (χ2v) is 20.4. The van der Waals surface area contributed by atoms with E-state index in [1.807, 2.05) is 6.07 Å². The van der Waals surface area contributed by atoms with Crippen molar-refractivity contribution in [2.24, 2.45) is 0 Å². The van der Waals surface area contributed by atoms with Gasteiger partial charge in [-0.25, -0.2) is 0 Å². The summed E-state index contributed by atoms with van der Waals surface area (Å²) in [6.45, 7) is 0.718. The molecule has 5 aromatic carbocycles. The number of rotatable bonds is 9. The molecule has 0 aliphatic rings. The minimum atomic E-state index is -3.20. The van der Waals surface area contributed by atoms with Gasteiger partial charge in [-0.05, 0) is 0 Å². The fourth-order valence-corrected chi connectivity index (χ4v) is 18.8. The van der Waals surface area contributed by atoms with Crippen LogP contribution in [-0.4, -0.2) is 25.0 Å². The first kappa shape index (κ1) is 23.4. The Hall–Kier alpha value is -3.30. The molecule has 0 heterocycles. The van der Waals surface area contributed by atoms with Crippen molar-refractivity contribution in [2.75, 3.05) is 6.61 Å². The number of hydrogen-bond acceptors (Lipinski definition) is 1. The molecule has 0 atom stereocenters. The van der Waals surface area contributed by atoms with Gasteiger partial charge in [0.2, 0.25) is 0 Å². The Labute approximate surface area is 212 Å². The quantitative estimate of drug-likeness (QED) is 0.152. The van der Waals surface area contributed by atoms with Gasteiger partial charge in [-0.15, -0.1) is 0 Å². The summed E-state index contributed by atoms with van der Waals surface area (Å²) in [5.41, 5.74) is 2.44. The fourth-order valence-electron chi connectivity index (χ4n) is 5.00. The molecule has 0 fully saturated rings. The third-order valence-electron chi connectivity index (χ3n) is 6.73. The summed E-state index contributed by atoms with van der Waals surface area (Å²) in [5.74, 6) is 0.935. The second kappa shape index (κ2) is 11.4. The average Bonchev–Trinajstić information content (AvgIpc) is 2.95. The summed E-state index contributed by atoms with van der Waals surface area (Å²) in [6.07, 6.45) is 1.02. The van der Waals surface area contributed by atoms with E-state index in [0.717, 1.165) is 23.2 Å². The van der Waals surface area contributed by atoms with Crippen molar-refractivity contribution in [3.8, 4) is 16.9 Å². The van der Waals surface area contributed by atoms with Crippen LogP contribution < -0.4 is 15.5 Å². The number of benzene rings is 5. The van der Waals surface area contributed by atoms with E-state index in [1.54, 1.807) is 0 Å². The van der Waals surface area contributed by atoms with Crippen LogP contribution in [0.3, 0.4) is 0 Å². The molecule has 0 N–H and O–H groups in total. The first-order chi connectivity index (χ1) is 17.4. The van der Waals surface area contributed by atoms with Crippen LogP contribution in [0.4, 0.5) is 0 Å². The van der Waals surface area contributed by atoms with Gasteiger partial charge >= 0.3 is 214 Å². The van der Waals surface area contributed by atoms with Gasteiger partial charge < -0.3 is 0 Å². The fraction of sp³-hybridized carbons (Fsp3) is 0.0909. The molecule has 0 radical (unpaired) electrons. The van der Waals surface area contributed by atoms with Crippen LogP contribution in [0.1, 0.15) is 6.42 Å². The summed E-state index contributed by atoms with van der Waals surface area (Å²) in [7, 11) is 0. The Kier molecular flexibility index (Phi) is 7.65. The molecule has 5 aromatic rings. The van der Waals surface area contributed by atoms with Crippen LogP contribution in [0.5, 0.6) is 5.75 Å². The van der Waals surface area contributed by atoms with E-state index < -0.39 is 18.4 Å². The van der Waals surface area contributed by atoms with E-state index in [0.29, 0.717) is 0 Å². The van der Waals surface area contributed by atoms with Crippen LogP contribution in [-0.2, 0) is 0 Å². The first-order valence-corrected chi connectivity index (χ1v) is 18.6. The van der Waals surface area contributed by atoms with Gasteiger partial charge in [0, 0.05) is 0 Å². The molecule has 0 aromatic heterocycles. The van der Waals surface area contributed by atoms with Crippen molar-refractivity contribution in [3.05, 3.63) is 146 Å². The van der Waals surface area contributed by atoms with E-state index in [9.17, 15) is 0 Å². The van der Waals surface area contributed by atoms with Crippen LogP contribution in [0, 0.1) is 0 Å². The zero-order valence-electron chi connectivity index (χ0n) is 19.9. The summed E-state index contributed by atoms with van der Waals surface area (Å²) in [5, 5.41) is 0. The second-order valence-electron chi connectivity index (χ2n) is 8.85. The SMILES string of the molecule is c1ccc(-c2ccc(OCC[CH2][Sn]([c]3ccccc3)([c]3ccccc3)[c]3ccccc3)cc2)cc1. The molecule has 0 bridgehead atoms. The van der Waals surface area contributed by atoms with E-state index in [2.05, 4.69) is 140 Å². The van der Waals surface area contributed by atoms with Crippen molar-refractivity contribution >= 4 is 29.1 Å². The predicted octanol–water partition coefficient (Wildman–Crippen LogP) is 6.29. The van der Waals surface area contributed by atoms with Crippen molar-refractivity contribution in [3.63, 3.8) is 0 Å². The number of hydrogen-bond donors (Lipinski definition) is 0. The molecule has 0 aliphatic heterocycles. The predicted molar refractivity (Wildman–Crippen MR) is 151 cm³/mol. The normalized spacial score (nSPS) is 11.2. The monoisotopic (exact) mass is 562 g/mol. The molecule has 0 spiro atoms. The molecule has 0 saturated heterocycles. The van der Waals surface area contributed by atoms with Crippen LogP contribution >= 0.6 is 0 Å². The number of ether oxygens (including phenoxy) is 1. The van der Waals surface area contributed by atoms with Gasteiger partial charge in [0.25, 0.3) is 0 Å². The van der Waals surface area contributed by atoms with Gasteiger partial charge in [-0.3, -0.25) is 0 Å². The van der Waals surface area contributed by atoms with Crippen molar-refractivity contribution < 1.29 is 4.74 Å². The Morgan fingerprint density at radius 3 is 1.29 bits per heavy atom. The standard InChI is InChI=1S/C15H15O.3C6H5.Sn/c1-2-12-16-15-10-8-14(9-11-15)13-6-4-3-5-7-13;3*1-2-4-6-5-3-1;/h3-11H,1-2,12H2;3*1-5H;. The van der Waals surface area contributed by atoms with Gasteiger partial charge in [0.15, 0.2) is 0 Å². The zero-order valence-corrected chi connectivity index (χ0v) is 22.7. The Morgan fingerprint density at radius 1 is 0.429 bits per heavy atom. The third-order valence-corrected chi connectivity index (χ3v) is 21.2. The summed E-state index contributed by atoms with van der Waals surface area (Å²) in [4.78, 5) is 0. The molecule has 0 saturated carbocycles. The van der Waals surface area contributed by atoms with Crippen LogP contribution in [0.25, 0.3) is 11.1 Å². The molecule has 0 aliphatic carbocycles. The van der Waals surface area contributed by atoms with E-state index >= 15 is 0 Å². The Morgan fingerprint density at radius 2 is 0.829 bits per heavy atom. The molecular formula is C33H30OSn. The Bertz CT molecular complexity index is 1210. The first-order valence-electron chi connectivity index (χ1n) is 12.3. The third kappa shape index (κ3) is 5.36. The van der Waals surface area contributed by atoms with Crippen molar-refractivity contribution in [2.45, 2.75) is 10.9 Å². The molecular weight excluding hydrogens is 531 g/mol. The van der Waals surface area contributed by atoms with Crippen molar-refractivity contribution in [1.29, 1.82) is 0 Å². The van der Waals surface area contributed by atoms with E-state index in [4.69, 9.17) is 4.74 Å². The molecule has 0 unspecified atom stereocenters. The topological polar surface area (TPSA) is 9.23 Å².